The summed E-state index contributed by atoms with van der Waals surface area (Å²) in [6.45, 7) is 0.374. The van der Waals surface area contributed by atoms with Gasteiger partial charge in [0.2, 0.25) is 0 Å². The van der Waals surface area contributed by atoms with Crippen LogP contribution in [-0.4, -0.2) is 40.1 Å². The summed E-state index contributed by atoms with van der Waals surface area (Å²) in [5, 5.41) is 11.2. The van der Waals surface area contributed by atoms with Crippen molar-refractivity contribution in [2.24, 2.45) is 5.73 Å². The first kappa shape index (κ1) is 27.2. The zero-order valence-corrected chi connectivity index (χ0v) is 22.7. The summed E-state index contributed by atoms with van der Waals surface area (Å²) in [5.74, 6) is -0.260. The van der Waals surface area contributed by atoms with Gasteiger partial charge in [-0.1, -0.05) is 90.5 Å². The quantitative estimate of drug-likeness (QED) is 0.248. The highest BCUT2D eigenvalue weighted by Gasteiger charge is 2.31. The maximum atomic E-state index is 13.3. The number of nitrogens with one attached hydrogen (secondary N) is 1. The number of aliphatic hydroxyl groups excluding tert-OH is 1. The topological polar surface area (TPSA) is 98.9 Å². The largest absolute Gasteiger partial charge is 0.395 e. The Bertz CT molecular complexity index is 1460. The summed E-state index contributed by atoms with van der Waals surface area (Å²) >= 11 is 6.67. The molecular formula is C32H31ClN4O3. The van der Waals surface area contributed by atoms with Crippen molar-refractivity contribution in [3.63, 3.8) is 0 Å². The number of amides is 3. The van der Waals surface area contributed by atoms with Gasteiger partial charge in [0.1, 0.15) is 6.04 Å². The number of hydrogen-bond donors (Lipinski definition) is 3. The fraction of sp³-hybridized carbons (Fsp3) is 0.188. The molecule has 40 heavy (non-hydrogen) atoms. The number of fused-ring (bicyclic) bond motifs is 2. The number of urea groups is 1. The maximum absolute atomic E-state index is 13.3. The van der Waals surface area contributed by atoms with Gasteiger partial charge in [-0.05, 0) is 58.9 Å². The number of nitrogens with two attached hydrogens (primary N) is 1. The summed E-state index contributed by atoms with van der Waals surface area (Å²) in [6, 6.07) is 29.4. The highest BCUT2D eigenvalue weighted by atomic mass is 35.5. The molecule has 0 atom stereocenters. The first-order chi connectivity index (χ1) is 19.5. The third kappa shape index (κ3) is 5.81. The summed E-state index contributed by atoms with van der Waals surface area (Å²) in [4.78, 5) is 27.8. The molecule has 4 aromatic rings. The molecule has 0 unspecified atom stereocenters. The van der Waals surface area contributed by atoms with E-state index in [2.05, 4.69) is 17.6 Å². The Morgan fingerprint density at radius 2 is 1.48 bits per heavy atom. The number of anilines is 1. The van der Waals surface area contributed by atoms with E-state index in [1.165, 1.54) is 5.01 Å². The predicted octanol–water partition coefficient (Wildman–Crippen LogP) is 5.57. The van der Waals surface area contributed by atoms with Crippen LogP contribution in [0.25, 0.3) is 0 Å². The SMILES string of the molecule is NC(=O)N(Nc1ccc(C(=O)N(CCO)Cc2ccccc2)cc1Cl)C1c2ccccc2CCc2ccccc21. The van der Waals surface area contributed by atoms with Gasteiger partial charge in [0.25, 0.3) is 5.91 Å². The number of aliphatic hydroxyl groups is 1. The molecule has 0 spiro atoms. The number of carbonyl (C=O) groups excluding carboxylic acids is 2. The van der Waals surface area contributed by atoms with E-state index in [-0.39, 0.29) is 24.1 Å². The Kier molecular flexibility index (Phi) is 8.34. The van der Waals surface area contributed by atoms with Crippen molar-refractivity contribution in [2.75, 3.05) is 18.6 Å². The molecule has 4 aromatic carbocycles. The first-order valence-corrected chi connectivity index (χ1v) is 13.6. The number of benzene rings is 4. The van der Waals surface area contributed by atoms with Crippen LogP contribution in [0.3, 0.4) is 0 Å². The Labute approximate surface area is 238 Å². The lowest BCUT2D eigenvalue weighted by atomic mass is 9.94. The Balaban J connectivity index is 1.45. The molecule has 0 aromatic heterocycles. The average Bonchev–Trinajstić information content (AvgIpc) is 3.13. The average molecular weight is 555 g/mol. The highest BCUT2D eigenvalue weighted by molar-refractivity contribution is 6.33. The molecule has 0 saturated heterocycles. The van der Waals surface area contributed by atoms with E-state index in [1.54, 1.807) is 23.1 Å². The van der Waals surface area contributed by atoms with Crippen LogP contribution in [0.4, 0.5) is 10.5 Å². The van der Waals surface area contributed by atoms with Crippen molar-refractivity contribution in [1.29, 1.82) is 0 Å². The second-order valence-corrected chi connectivity index (χ2v) is 10.2. The smallest absolute Gasteiger partial charge is 0.334 e. The van der Waals surface area contributed by atoms with Crippen LogP contribution in [-0.2, 0) is 19.4 Å². The molecule has 0 bridgehead atoms. The van der Waals surface area contributed by atoms with Crippen molar-refractivity contribution < 1.29 is 14.7 Å². The second-order valence-electron chi connectivity index (χ2n) is 9.75. The second kappa shape index (κ2) is 12.2. The minimum Gasteiger partial charge on any atom is -0.395 e. The highest BCUT2D eigenvalue weighted by Crippen LogP contribution is 2.37. The summed E-state index contributed by atoms with van der Waals surface area (Å²) < 4.78 is 0. The van der Waals surface area contributed by atoms with Crippen LogP contribution in [0.15, 0.2) is 97.1 Å². The van der Waals surface area contributed by atoms with E-state index in [0.717, 1.165) is 40.7 Å². The van der Waals surface area contributed by atoms with Crippen LogP contribution in [0.1, 0.15) is 44.2 Å². The number of carbonyl (C=O) groups is 2. The molecule has 0 fully saturated rings. The van der Waals surface area contributed by atoms with Gasteiger partial charge < -0.3 is 15.7 Å². The van der Waals surface area contributed by atoms with Gasteiger partial charge in [0, 0.05) is 18.7 Å². The van der Waals surface area contributed by atoms with E-state index in [0.29, 0.717) is 17.8 Å². The van der Waals surface area contributed by atoms with E-state index in [1.807, 2.05) is 66.7 Å². The lowest BCUT2D eigenvalue weighted by Crippen LogP contribution is -2.43. The zero-order chi connectivity index (χ0) is 28.1. The summed E-state index contributed by atoms with van der Waals surface area (Å²) in [7, 11) is 0. The van der Waals surface area contributed by atoms with Crippen LogP contribution in [0.2, 0.25) is 5.02 Å². The van der Waals surface area contributed by atoms with Crippen molar-refractivity contribution in [3.8, 4) is 0 Å². The van der Waals surface area contributed by atoms with Crippen LogP contribution in [0.5, 0.6) is 0 Å². The lowest BCUT2D eigenvalue weighted by molar-refractivity contribution is 0.0708. The normalized spacial score (nSPS) is 12.6. The molecular weight excluding hydrogens is 524 g/mol. The van der Waals surface area contributed by atoms with Gasteiger partial charge in [0.15, 0.2) is 0 Å². The van der Waals surface area contributed by atoms with Gasteiger partial charge in [0.05, 0.1) is 17.3 Å². The molecule has 8 heteroatoms. The van der Waals surface area contributed by atoms with Gasteiger partial charge in [-0.25, -0.2) is 9.80 Å². The number of hydrogen-bond acceptors (Lipinski definition) is 4. The molecule has 0 aliphatic heterocycles. The first-order valence-electron chi connectivity index (χ1n) is 13.2. The molecule has 0 heterocycles. The van der Waals surface area contributed by atoms with Crippen LogP contribution < -0.4 is 11.2 Å². The number of primary amides is 1. The van der Waals surface area contributed by atoms with Gasteiger partial charge >= 0.3 is 6.03 Å². The maximum Gasteiger partial charge on any atom is 0.334 e. The molecule has 4 N–H and O–H groups in total. The molecule has 0 saturated carbocycles. The van der Waals surface area contributed by atoms with Crippen LogP contribution >= 0.6 is 11.6 Å². The monoisotopic (exact) mass is 554 g/mol. The van der Waals surface area contributed by atoms with Crippen molar-refractivity contribution in [3.05, 3.63) is 135 Å². The van der Waals surface area contributed by atoms with E-state index in [4.69, 9.17) is 17.3 Å². The Morgan fingerprint density at radius 3 is 2.05 bits per heavy atom. The molecule has 0 radical (unpaired) electrons. The van der Waals surface area contributed by atoms with Gasteiger partial charge in [-0.15, -0.1) is 0 Å². The molecule has 1 aliphatic carbocycles. The molecule has 204 valence electrons. The molecule has 7 nitrogen and oxygen atoms in total. The standard InChI is InChI=1S/C32H31ClN4O3/c33-28-20-25(31(39)36(18-19-38)21-22-8-2-1-3-9-22)16-17-29(28)35-37(32(34)40)30-26-12-6-4-10-23(26)14-15-24-11-5-7-13-27(24)30/h1-13,16-17,20,30,35,38H,14-15,18-19,21H2,(H2,34,40). The summed E-state index contributed by atoms with van der Waals surface area (Å²) in [5.41, 5.74) is 15.1. The number of rotatable bonds is 8. The molecule has 5 rings (SSSR count). The number of hydrazine groups is 1. The van der Waals surface area contributed by atoms with Crippen molar-refractivity contribution in [2.45, 2.75) is 25.4 Å². The lowest BCUT2D eigenvalue weighted by Gasteiger charge is -2.33. The Morgan fingerprint density at radius 1 is 0.875 bits per heavy atom. The Hall–Kier alpha value is -4.33. The summed E-state index contributed by atoms with van der Waals surface area (Å²) in [6.07, 6.45) is 1.70. The third-order valence-electron chi connectivity index (χ3n) is 7.19. The predicted molar refractivity (Wildman–Crippen MR) is 157 cm³/mol. The van der Waals surface area contributed by atoms with Gasteiger partial charge in [-0.2, -0.15) is 0 Å². The minimum absolute atomic E-state index is 0.163. The fourth-order valence-corrected chi connectivity index (χ4v) is 5.47. The fourth-order valence-electron chi connectivity index (χ4n) is 5.25. The van der Waals surface area contributed by atoms with E-state index < -0.39 is 12.1 Å². The minimum atomic E-state index is -0.662. The number of nitrogens with zero attached hydrogens (tertiary/aromatic N) is 2. The molecule has 1 aliphatic rings. The van der Waals surface area contributed by atoms with Crippen molar-refractivity contribution in [1.82, 2.24) is 9.91 Å². The zero-order valence-electron chi connectivity index (χ0n) is 22.0. The number of aryl methyl sites for hydroxylation is 2. The third-order valence-corrected chi connectivity index (χ3v) is 7.50. The molecule has 3 amide bonds. The van der Waals surface area contributed by atoms with Crippen LogP contribution in [0, 0.1) is 0 Å². The number of halogens is 1. The van der Waals surface area contributed by atoms with E-state index in [9.17, 15) is 14.7 Å². The van der Waals surface area contributed by atoms with Crippen molar-refractivity contribution >= 4 is 29.2 Å². The van der Waals surface area contributed by atoms with E-state index >= 15 is 0 Å². The van der Waals surface area contributed by atoms with Gasteiger partial charge in [-0.3, -0.25) is 10.2 Å².